The van der Waals surface area contributed by atoms with Crippen molar-refractivity contribution in [2.24, 2.45) is 0 Å². The first-order valence-corrected chi connectivity index (χ1v) is 5.93. The fraction of sp³-hybridized carbons (Fsp3) is 0.364. The molecule has 1 aromatic rings. The van der Waals surface area contributed by atoms with Crippen LogP contribution >= 0.6 is 15.9 Å². The zero-order valence-corrected chi connectivity index (χ0v) is 11.0. The van der Waals surface area contributed by atoms with Crippen LogP contribution in [0.4, 0.5) is 5.69 Å². The van der Waals surface area contributed by atoms with Gasteiger partial charge in [0.25, 0.3) is 5.69 Å². The molecule has 0 radical (unpaired) electrons. The highest BCUT2D eigenvalue weighted by molar-refractivity contribution is 9.09. The van der Waals surface area contributed by atoms with Crippen LogP contribution < -0.4 is 0 Å². The highest BCUT2D eigenvalue weighted by Crippen LogP contribution is 2.15. The van der Waals surface area contributed by atoms with E-state index in [0.29, 0.717) is 5.56 Å². The summed E-state index contributed by atoms with van der Waals surface area (Å²) in [7, 11) is 0. The number of rotatable bonds is 4. The smallest absolute Gasteiger partial charge is 0.338 e. The summed E-state index contributed by atoms with van der Waals surface area (Å²) < 4.78 is 5.14. The number of carbonyl (C=O) groups excluding carboxylic acids is 1. The molecule has 2 unspecified atom stereocenters. The van der Waals surface area contributed by atoms with Crippen LogP contribution in [0.25, 0.3) is 0 Å². The number of esters is 1. The molecule has 1 aromatic carbocycles. The van der Waals surface area contributed by atoms with Crippen LogP contribution in [0.15, 0.2) is 24.3 Å². The highest BCUT2D eigenvalue weighted by Gasteiger charge is 2.16. The zero-order chi connectivity index (χ0) is 13.0. The quantitative estimate of drug-likeness (QED) is 0.371. The van der Waals surface area contributed by atoms with E-state index in [4.69, 9.17) is 4.74 Å². The van der Waals surface area contributed by atoms with Crippen LogP contribution in [-0.2, 0) is 4.74 Å². The van der Waals surface area contributed by atoms with Crippen molar-refractivity contribution in [3.63, 3.8) is 0 Å². The molecule has 0 bridgehead atoms. The minimum atomic E-state index is -0.516. The Hall–Kier alpha value is -1.43. The minimum Gasteiger partial charge on any atom is -0.458 e. The molecule has 0 saturated carbocycles. The lowest BCUT2D eigenvalue weighted by Crippen LogP contribution is -2.21. The van der Waals surface area contributed by atoms with Crippen LogP contribution in [0.1, 0.15) is 24.2 Å². The number of ether oxygens (including phenoxy) is 1. The number of carbonyl (C=O) groups is 1. The van der Waals surface area contributed by atoms with E-state index in [1.54, 1.807) is 6.92 Å². The van der Waals surface area contributed by atoms with Gasteiger partial charge in [0, 0.05) is 17.0 Å². The van der Waals surface area contributed by atoms with Crippen LogP contribution in [0, 0.1) is 10.1 Å². The van der Waals surface area contributed by atoms with E-state index >= 15 is 0 Å². The number of halogens is 1. The molecular formula is C11H12BrNO4. The summed E-state index contributed by atoms with van der Waals surface area (Å²) >= 11 is 3.30. The molecule has 0 N–H and O–H groups in total. The number of non-ortho nitro benzene ring substituents is 1. The molecule has 0 aliphatic heterocycles. The van der Waals surface area contributed by atoms with Crippen molar-refractivity contribution in [2.45, 2.75) is 24.8 Å². The molecule has 0 saturated heterocycles. The fourth-order valence-corrected chi connectivity index (χ4v) is 1.16. The van der Waals surface area contributed by atoms with Crippen LogP contribution in [0.5, 0.6) is 0 Å². The number of hydrogen-bond acceptors (Lipinski definition) is 4. The third kappa shape index (κ3) is 3.81. The second kappa shape index (κ2) is 5.77. The van der Waals surface area contributed by atoms with E-state index < -0.39 is 10.9 Å². The minimum absolute atomic E-state index is 0.0458. The lowest BCUT2D eigenvalue weighted by molar-refractivity contribution is -0.384. The largest absolute Gasteiger partial charge is 0.458 e. The number of alkyl halides is 1. The summed E-state index contributed by atoms with van der Waals surface area (Å²) in [6.07, 6.45) is -0.266. The van der Waals surface area contributed by atoms with Crippen molar-refractivity contribution in [3.05, 3.63) is 39.9 Å². The van der Waals surface area contributed by atoms with Gasteiger partial charge in [-0.05, 0) is 26.0 Å². The fourth-order valence-electron chi connectivity index (χ4n) is 1.05. The third-order valence-electron chi connectivity index (χ3n) is 2.25. The predicted octanol–water partition coefficient (Wildman–Crippen LogP) is 2.92. The molecule has 2 atom stereocenters. The molecule has 0 amide bonds. The monoisotopic (exact) mass is 301 g/mol. The molecular weight excluding hydrogens is 290 g/mol. The maximum atomic E-state index is 11.6. The van der Waals surface area contributed by atoms with Gasteiger partial charge in [-0.15, -0.1) is 0 Å². The second-order valence-corrected chi connectivity index (χ2v) is 5.04. The van der Waals surface area contributed by atoms with E-state index in [1.807, 2.05) is 6.92 Å². The first kappa shape index (κ1) is 13.6. The van der Waals surface area contributed by atoms with Gasteiger partial charge in [0.05, 0.1) is 10.5 Å². The number of nitro benzene ring substituents is 1. The van der Waals surface area contributed by atoms with Gasteiger partial charge in [-0.1, -0.05) is 15.9 Å². The van der Waals surface area contributed by atoms with Crippen LogP contribution in [0.3, 0.4) is 0 Å². The molecule has 0 aliphatic rings. The van der Waals surface area contributed by atoms with Gasteiger partial charge in [0.15, 0.2) is 0 Å². The van der Waals surface area contributed by atoms with E-state index in [1.165, 1.54) is 24.3 Å². The normalized spacial score (nSPS) is 13.8. The van der Waals surface area contributed by atoms with Crippen molar-refractivity contribution in [1.29, 1.82) is 0 Å². The van der Waals surface area contributed by atoms with E-state index in [2.05, 4.69) is 15.9 Å². The summed E-state index contributed by atoms with van der Waals surface area (Å²) in [5.74, 6) is -0.487. The van der Waals surface area contributed by atoms with E-state index in [-0.39, 0.29) is 16.6 Å². The van der Waals surface area contributed by atoms with Crippen molar-refractivity contribution in [3.8, 4) is 0 Å². The number of nitro groups is 1. The van der Waals surface area contributed by atoms with Gasteiger partial charge >= 0.3 is 5.97 Å². The van der Waals surface area contributed by atoms with Crippen molar-refractivity contribution >= 4 is 27.6 Å². The summed E-state index contributed by atoms with van der Waals surface area (Å²) in [6, 6.07) is 5.32. The van der Waals surface area contributed by atoms with Crippen molar-refractivity contribution in [2.75, 3.05) is 0 Å². The lowest BCUT2D eigenvalue weighted by atomic mass is 10.2. The van der Waals surface area contributed by atoms with Gasteiger partial charge in [-0.3, -0.25) is 10.1 Å². The summed E-state index contributed by atoms with van der Waals surface area (Å²) in [5.41, 5.74) is 0.249. The third-order valence-corrected chi connectivity index (χ3v) is 3.00. The average molecular weight is 302 g/mol. The molecule has 1 rings (SSSR count). The molecule has 0 fully saturated rings. The van der Waals surface area contributed by atoms with Gasteiger partial charge < -0.3 is 4.74 Å². The summed E-state index contributed by atoms with van der Waals surface area (Å²) in [5, 5.41) is 10.4. The Morgan fingerprint density at radius 1 is 1.35 bits per heavy atom. The second-order valence-electron chi connectivity index (χ2n) is 3.59. The van der Waals surface area contributed by atoms with Gasteiger partial charge in [0.2, 0.25) is 0 Å². The standard InChI is InChI=1S/C11H12BrNO4/c1-7(12)8(2)17-11(14)9-3-5-10(6-4-9)13(15)16/h3-8H,1-2H3. The molecule has 0 aromatic heterocycles. The lowest BCUT2D eigenvalue weighted by Gasteiger charge is -2.15. The first-order valence-electron chi connectivity index (χ1n) is 5.01. The Labute approximate surface area is 107 Å². The zero-order valence-electron chi connectivity index (χ0n) is 9.42. The van der Waals surface area contributed by atoms with Crippen LogP contribution in [-0.4, -0.2) is 21.8 Å². The van der Waals surface area contributed by atoms with Crippen LogP contribution in [0.2, 0.25) is 0 Å². The maximum absolute atomic E-state index is 11.6. The van der Waals surface area contributed by atoms with Crippen molar-refractivity contribution < 1.29 is 14.5 Å². The predicted molar refractivity (Wildman–Crippen MR) is 66.4 cm³/mol. The van der Waals surface area contributed by atoms with Gasteiger partial charge in [0.1, 0.15) is 6.10 Å². The molecule has 17 heavy (non-hydrogen) atoms. The molecule has 0 aliphatic carbocycles. The molecule has 6 heteroatoms. The molecule has 92 valence electrons. The first-order chi connectivity index (χ1) is 7.91. The topological polar surface area (TPSA) is 69.4 Å². The Bertz CT molecular complexity index is 416. The number of hydrogen-bond donors (Lipinski definition) is 0. The maximum Gasteiger partial charge on any atom is 0.338 e. The Morgan fingerprint density at radius 3 is 2.29 bits per heavy atom. The number of nitrogens with zero attached hydrogens (tertiary/aromatic N) is 1. The highest BCUT2D eigenvalue weighted by atomic mass is 79.9. The van der Waals surface area contributed by atoms with Gasteiger partial charge in [-0.25, -0.2) is 4.79 Å². The molecule has 0 heterocycles. The van der Waals surface area contributed by atoms with E-state index in [9.17, 15) is 14.9 Å². The average Bonchev–Trinajstić information content (AvgIpc) is 2.28. The molecule has 0 spiro atoms. The Morgan fingerprint density at radius 2 is 1.88 bits per heavy atom. The summed E-state index contributed by atoms with van der Waals surface area (Å²) in [6.45, 7) is 3.64. The van der Waals surface area contributed by atoms with Gasteiger partial charge in [-0.2, -0.15) is 0 Å². The molecule has 5 nitrogen and oxygen atoms in total. The Kier molecular flexibility index (Phi) is 4.62. The SMILES string of the molecule is CC(Br)C(C)OC(=O)c1ccc([N+](=O)[O-])cc1. The van der Waals surface area contributed by atoms with Crippen molar-refractivity contribution in [1.82, 2.24) is 0 Å². The van der Waals surface area contributed by atoms with E-state index in [0.717, 1.165) is 0 Å². The summed E-state index contributed by atoms with van der Waals surface area (Å²) in [4.78, 5) is 21.6. The Balaban J connectivity index is 2.73. The number of benzene rings is 1.